The number of nitrogens with zero attached hydrogens (tertiary/aromatic N) is 2. The first-order valence-electron chi connectivity index (χ1n) is 14.3. The van der Waals surface area contributed by atoms with E-state index >= 15 is 0 Å². The molecule has 214 valence electrons. The zero-order chi connectivity index (χ0) is 28.8. The minimum atomic E-state index is -0.750. The van der Waals surface area contributed by atoms with E-state index in [1.54, 1.807) is 17.0 Å². The Kier molecular flexibility index (Phi) is 6.54. The number of amides is 3. The summed E-state index contributed by atoms with van der Waals surface area (Å²) in [7, 11) is 0. The Labute approximate surface area is 242 Å². The van der Waals surface area contributed by atoms with Gasteiger partial charge in [-0.15, -0.1) is 0 Å². The van der Waals surface area contributed by atoms with Crippen molar-refractivity contribution in [1.29, 1.82) is 0 Å². The molecule has 0 saturated carbocycles. The molecular weight excluding hydrogens is 536 g/mol. The molecule has 1 atom stereocenters. The molecule has 0 bridgehead atoms. The fourth-order valence-corrected chi connectivity index (χ4v) is 6.99. The van der Waals surface area contributed by atoms with E-state index in [1.807, 2.05) is 24.3 Å². The molecule has 3 aromatic rings. The second kappa shape index (κ2) is 10.4. The van der Waals surface area contributed by atoms with Crippen molar-refractivity contribution in [2.24, 2.45) is 11.3 Å². The fraction of sp³-hybridized carbons (Fsp3) is 0.333. The molecule has 1 spiro atoms. The molecule has 9 heteroatoms. The van der Waals surface area contributed by atoms with Crippen LogP contribution in [-0.4, -0.2) is 66.8 Å². The predicted octanol–water partition coefficient (Wildman–Crippen LogP) is 4.81. The summed E-state index contributed by atoms with van der Waals surface area (Å²) in [5.74, 6) is -2.88. The number of hydrogen-bond acceptors (Lipinski definition) is 7. The van der Waals surface area contributed by atoms with Crippen LogP contribution in [0.4, 0.5) is 4.79 Å². The maximum Gasteiger partial charge on any atom is 0.409 e. The van der Waals surface area contributed by atoms with Crippen LogP contribution in [0.25, 0.3) is 11.1 Å². The third kappa shape index (κ3) is 4.27. The average molecular weight is 567 g/mol. The van der Waals surface area contributed by atoms with Crippen molar-refractivity contribution >= 4 is 23.9 Å². The van der Waals surface area contributed by atoms with E-state index in [4.69, 9.17) is 14.3 Å². The molecular formula is C33H30N2O7. The number of hydrogen-bond donors (Lipinski definition) is 0. The van der Waals surface area contributed by atoms with Crippen LogP contribution in [0.1, 0.15) is 57.0 Å². The van der Waals surface area contributed by atoms with Crippen molar-refractivity contribution in [3.63, 3.8) is 0 Å². The number of fused-ring (bicyclic) bond motifs is 4. The minimum absolute atomic E-state index is 0.0681. The third-order valence-electron chi connectivity index (χ3n) is 9.33. The molecule has 3 aromatic carbocycles. The van der Waals surface area contributed by atoms with Gasteiger partial charge in [0.1, 0.15) is 6.61 Å². The first-order chi connectivity index (χ1) is 20.5. The van der Waals surface area contributed by atoms with Crippen LogP contribution in [0, 0.1) is 11.3 Å². The summed E-state index contributed by atoms with van der Waals surface area (Å²) in [6.07, 6.45) is 1.29. The van der Waals surface area contributed by atoms with Gasteiger partial charge in [0.15, 0.2) is 0 Å². The molecule has 3 aliphatic heterocycles. The number of imide groups is 1. The lowest BCUT2D eigenvalue weighted by molar-refractivity contribution is -0.185. The molecule has 1 unspecified atom stereocenters. The Morgan fingerprint density at radius 3 is 1.93 bits per heavy atom. The van der Waals surface area contributed by atoms with Crippen molar-refractivity contribution in [3.8, 4) is 11.1 Å². The molecule has 9 nitrogen and oxygen atoms in total. The number of hydroxylamine groups is 2. The second-order valence-electron chi connectivity index (χ2n) is 11.4. The smallest absolute Gasteiger partial charge is 0.409 e. The van der Waals surface area contributed by atoms with Crippen LogP contribution < -0.4 is 0 Å². The molecule has 2 fully saturated rings. The molecule has 7 rings (SSSR count). The largest absolute Gasteiger partial charge is 0.448 e. The summed E-state index contributed by atoms with van der Waals surface area (Å²) in [6, 6.07) is 22.6. The Balaban J connectivity index is 1.08. The van der Waals surface area contributed by atoms with Gasteiger partial charge in [0, 0.05) is 32.2 Å². The average Bonchev–Trinajstić information content (AvgIpc) is 3.47. The first kappa shape index (κ1) is 26.4. The van der Waals surface area contributed by atoms with Crippen molar-refractivity contribution in [1.82, 2.24) is 9.96 Å². The van der Waals surface area contributed by atoms with Crippen LogP contribution in [0.3, 0.4) is 0 Å². The zero-order valence-corrected chi connectivity index (χ0v) is 23.0. The van der Waals surface area contributed by atoms with Crippen molar-refractivity contribution in [2.75, 3.05) is 32.9 Å². The summed E-state index contributed by atoms with van der Waals surface area (Å²) in [5, 5.41) is 0.548. The minimum Gasteiger partial charge on any atom is -0.448 e. The summed E-state index contributed by atoms with van der Waals surface area (Å²) < 4.78 is 11.5. The van der Waals surface area contributed by atoms with Crippen molar-refractivity contribution in [2.45, 2.75) is 25.2 Å². The van der Waals surface area contributed by atoms with Crippen LogP contribution >= 0.6 is 0 Å². The molecule has 0 radical (unpaired) electrons. The Bertz CT molecular complexity index is 1510. The van der Waals surface area contributed by atoms with Gasteiger partial charge >= 0.3 is 12.1 Å². The Hall–Kier alpha value is -4.50. The number of rotatable bonds is 4. The molecule has 3 amide bonds. The van der Waals surface area contributed by atoms with E-state index in [0.717, 1.165) is 22.3 Å². The molecule has 1 aliphatic carbocycles. The third-order valence-corrected chi connectivity index (χ3v) is 9.33. The molecule has 3 heterocycles. The number of piperidine rings is 1. The summed E-state index contributed by atoms with van der Waals surface area (Å²) >= 11 is 0. The van der Waals surface area contributed by atoms with Gasteiger partial charge in [-0.3, -0.25) is 9.59 Å². The highest BCUT2D eigenvalue weighted by atomic mass is 16.7. The second-order valence-corrected chi connectivity index (χ2v) is 11.4. The maximum atomic E-state index is 13.7. The highest BCUT2D eigenvalue weighted by molar-refractivity contribution is 6.20. The fourth-order valence-electron chi connectivity index (χ4n) is 6.99. The van der Waals surface area contributed by atoms with Gasteiger partial charge in [-0.25, -0.2) is 9.59 Å². The van der Waals surface area contributed by atoms with E-state index in [0.29, 0.717) is 44.1 Å². The lowest BCUT2D eigenvalue weighted by Gasteiger charge is -2.48. The highest BCUT2D eigenvalue weighted by Crippen LogP contribution is 2.47. The van der Waals surface area contributed by atoms with Crippen LogP contribution in [0.2, 0.25) is 0 Å². The number of likely N-dealkylation sites (tertiary alicyclic amines) is 1. The Morgan fingerprint density at radius 2 is 1.33 bits per heavy atom. The lowest BCUT2D eigenvalue weighted by Crippen LogP contribution is -2.55. The predicted molar refractivity (Wildman–Crippen MR) is 150 cm³/mol. The SMILES string of the molecule is O=C(ON1C(=O)c2ccccc2C1=O)C1CN(C(=O)OCC2c3ccccc3-c3ccccc32)CCC12CCOCC2. The van der Waals surface area contributed by atoms with Crippen LogP contribution in [0.15, 0.2) is 72.8 Å². The van der Waals surface area contributed by atoms with Crippen molar-refractivity contribution in [3.05, 3.63) is 95.1 Å². The van der Waals surface area contributed by atoms with E-state index in [-0.39, 0.29) is 30.2 Å². The molecule has 4 aliphatic rings. The van der Waals surface area contributed by atoms with Gasteiger partial charge in [-0.2, -0.15) is 0 Å². The normalized spacial score (nSPS) is 20.7. The molecule has 0 N–H and O–H groups in total. The van der Waals surface area contributed by atoms with Gasteiger partial charge < -0.3 is 19.2 Å². The van der Waals surface area contributed by atoms with Gasteiger partial charge in [0.25, 0.3) is 11.8 Å². The molecule has 2 saturated heterocycles. The first-order valence-corrected chi connectivity index (χ1v) is 14.3. The van der Waals surface area contributed by atoms with E-state index in [2.05, 4.69) is 24.3 Å². The molecule has 42 heavy (non-hydrogen) atoms. The quantitative estimate of drug-likeness (QED) is 0.418. The topological polar surface area (TPSA) is 102 Å². The number of carbonyl (C=O) groups excluding carboxylic acids is 4. The van der Waals surface area contributed by atoms with Crippen LogP contribution in [0.5, 0.6) is 0 Å². The zero-order valence-electron chi connectivity index (χ0n) is 23.0. The van der Waals surface area contributed by atoms with Crippen molar-refractivity contribution < 1.29 is 33.5 Å². The van der Waals surface area contributed by atoms with Crippen LogP contribution in [-0.2, 0) is 19.1 Å². The van der Waals surface area contributed by atoms with Gasteiger partial charge in [-0.05, 0) is 59.1 Å². The van der Waals surface area contributed by atoms with Gasteiger partial charge in [0.05, 0.1) is 17.0 Å². The maximum absolute atomic E-state index is 13.7. The van der Waals surface area contributed by atoms with Gasteiger partial charge in [0.2, 0.25) is 0 Å². The molecule has 0 aromatic heterocycles. The van der Waals surface area contributed by atoms with E-state index < -0.39 is 35.2 Å². The summed E-state index contributed by atoms with van der Waals surface area (Å²) in [5.41, 5.74) is 4.45. The van der Waals surface area contributed by atoms with E-state index in [1.165, 1.54) is 12.1 Å². The number of benzene rings is 3. The Morgan fingerprint density at radius 1 is 0.786 bits per heavy atom. The standard InChI is InChI=1S/C33H30N2O7/c36-29-25-11-5-6-12-26(25)30(37)35(29)42-31(38)28-19-34(16-13-33(28)14-17-40-18-15-33)32(39)41-20-27-23-9-3-1-7-21(23)22-8-2-4-10-24(22)27/h1-12,27-28H,13-20H2. The number of carbonyl (C=O) groups is 4. The van der Waals surface area contributed by atoms with E-state index in [9.17, 15) is 19.2 Å². The lowest BCUT2D eigenvalue weighted by atomic mass is 9.65. The van der Waals surface area contributed by atoms with Gasteiger partial charge in [-0.1, -0.05) is 65.7 Å². The highest BCUT2D eigenvalue weighted by Gasteiger charge is 2.51. The monoisotopic (exact) mass is 566 g/mol. The summed E-state index contributed by atoms with van der Waals surface area (Å²) in [4.78, 5) is 59.9. The number of ether oxygens (including phenoxy) is 2. The summed E-state index contributed by atoms with van der Waals surface area (Å²) in [6.45, 7) is 1.64.